The molecule has 2 amide bonds. The SMILES string of the molecule is COc1cc(C(CC(=O)NCCC(=O)N2CC3CC(C2)c2cccc(=O)n2C3)C2=C(O)[C@@]3(Oc4c(Cl)c(OC)cc(OC)c4C3=O)[C@H](C)CC2=O)ccc1O. The van der Waals surface area contributed by atoms with Crippen molar-refractivity contribution in [2.75, 3.05) is 41.0 Å². The Labute approximate surface area is 321 Å². The van der Waals surface area contributed by atoms with Crippen molar-refractivity contribution in [3.63, 3.8) is 0 Å². The van der Waals surface area contributed by atoms with E-state index in [1.54, 1.807) is 28.5 Å². The van der Waals surface area contributed by atoms with Crippen molar-refractivity contribution in [1.82, 2.24) is 14.8 Å². The zero-order valence-corrected chi connectivity index (χ0v) is 31.6. The summed E-state index contributed by atoms with van der Waals surface area (Å²) in [7, 11) is 4.09. The fourth-order valence-corrected chi connectivity index (χ4v) is 8.93. The number of phenolic OH excluding ortho intramolecular Hbond substituents is 1. The lowest BCUT2D eigenvalue weighted by Gasteiger charge is -2.42. The topological polar surface area (TPSA) is 183 Å². The van der Waals surface area contributed by atoms with Gasteiger partial charge in [-0.05, 0) is 36.1 Å². The van der Waals surface area contributed by atoms with E-state index in [0.29, 0.717) is 25.2 Å². The summed E-state index contributed by atoms with van der Waals surface area (Å²) in [5.41, 5.74) is -1.12. The molecule has 7 rings (SSSR count). The lowest BCUT2D eigenvalue weighted by atomic mass is 9.69. The van der Waals surface area contributed by atoms with Gasteiger partial charge >= 0.3 is 0 Å². The second kappa shape index (κ2) is 14.6. The number of aromatic nitrogens is 1. The van der Waals surface area contributed by atoms with E-state index in [0.717, 1.165) is 12.1 Å². The number of piperidine rings is 1. The van der Waals surface area contributed by atoms with Gasteiger partial charge in [-0.25, -0.2) is 0 Å². The number of carbonyl (C=O) groups excluding carboxylic acids is 4. The summed E-state index contributed by atoms with van der Waals surface area (Å²) >= 11 is 6.61. The van der Waals surface area contributed by atoms with Crippen LogP contribution in [0.15, 0.2) is 58.6 Å². The number of pyridine rings is 1. The summed E-state index contributed by atoms with van der Waals surface area (Å²) < 4.78 is 24.3. The lowest BCUT2D eigenvalue weighted by molar-refractivity contribution is -0.134. The number of ketones is 2. The number of fused-ring (bicyclic) bond motifs is 5. The van der Waals surface area contributed by atoms with Crippen LogP contribution in [-0.2, 0) is 20.9 Å². The smallest absolute Gasteiger partial charge is 0.250 e. The Bertz CT molecular complexity index is 2200. The van der Waals surface area contributed by atoms with Crippen molar-refractivity contribution in [3.8, 4) is 28.7 Å². The van der Waals surface area contributed by atoms with Gasteiger partial charge in [0.15, 0.2) is 28.8 Å². The van der Waals surface area contributed by atoms with E-state index in [4.69, 9.17) is 30.5 Å². The third-order valence-corrected chi connectivity index (χ3v) is 11.7. The number of halogens is 1. The molecular formula is C40H42ClN3O11. The summed E-state index contributed by atoms with van der Waals surface area (Å²) in [6.45, 7) is 3.14. The number of benzene rings is 2. The molecule has 55 heavy (non-hydrogen) atoms. The van der Waals surface area contributed by atoms with Crippen LogP contribution in [0.2, 0.25) is 5.02 Å². The Balaban J connectivity index is 1.15. The number of ether oxygens (including phenoxy) is 4. The first-order valence-electron chi connectivity index (χ1n) is 18.1. The number of aliphatic hydroxyl groups excluding tert-OH is 1. The molecule has 4 heterocycles. The molecule has 3 unspecified atom stereocenters. The predicted octanol–water partition coefficient (Wildman–Crippen LogP) is 4.29. The molecule has 4 aliphatic rings. The highest BCUT2D eigenvalue weighted by Crippen LogP contribution is 2.56. The van der Waals surface area contributed by atoms with Crippen LogP contribution in [0.5, 0.6) is 28.7 Å². The number of hydrogen-bond acceptors (Lipinski definition) is 11. The van der Waals surface area contributed by atoms with E-state index in [1.807, 2.05) is 6.07 Å². The molecule has 1 spiro atoms. The largest absolute Gasteiger partial charge is 0.507 e. The maximum Gasteiger partial charge on any atom is 0.250 e. The Hall–Kier alpha value is -5.50. The predicted molar refractivity (Wildman–Crippen MR) is 198 cm³/mol. The number of allylic oxidation sites excluding steroid dienone is 1. The average molecular weight is 776 g/mol. The molecule has 3 N–H and O–H groups in total. The van der Waals surface area contributed by atoms with E-state index in [-0.39, 0.29) is 94.0 Å². The Kier molecular flexibility index (Phi) is 10.1. The number of carbonyl (C=O) groups is 4. The van der Waals surface area contributed by atoms with Gasteiger partial charge in [0.1, 0.15) is 22.1 Å². The summed E-state index contributed by atoms with van der Waals surface area (Å²) in [5.74, 6) is -4.29. The zero-order valence-electron chi connectivity index (χ0n) is 30.8. The molecule has 2 bridgehead atoms. The van der Waals surface area contributed by atoms with Gasteiger partial charge in [0.2, 0.25) is 23.2 Å². The van der Waals surface area contributed by atoms with Gasteiger partial charge in [0, 0.05) is 86.6 Å². The molecule has 1 aliphatic carbocycles. The molecule has 3 aromatic rings. The van der Waals surface area contributed by atoms with E-state index < -0.39 is 40.7 Å². The fraction of sp³-hybridized carbons (Fsp3) is 0.425. The quantitative estimate of drug-likeness (QED) is 0.267. The van der Waals surface area contributed by atoms with Crippen molar-refractivity contribution in [2.45, 2.75) is 56.6 Å². The molecule has 1 fully saturated rings. The minimum absolute atomic E-state index is 0.00213. The monoisotopic (exact) mass is 775 g/mol. The maximum absolute atomic E-state index is 14.4. The van der Waals surface area contributed by atoms with Gasteiger partial charge in [-0.3, -0.25) is 24.0 Å². The minimum Gasteiger partial charge on any atom is -0.507 e. The Morgan fingerprint density at radius 3 is 2.47 bits per heavy atom. The second-order valence-electron chi connectivity index (χ2n) is 14.5. The van der Waals surface area contributed by atoms with Crippen LogP contribution in [0.4, 0.5) is 0 Å². The first-order valence-corrected chi connectivity index (χ1v) is 18.5. The number of likely N-dealkylation sites (tertiary alicyclic amines) is 1. The number of rotatable bonds is 10. The summed E-state index contributed by atoms with van der Waals surface area (Å²) in [5, 5.41) is 25.3. The molecule has 14 nitrogen and oxygen atoms in total. The highest BCUT2D eigenvalue weighted by atomic mass is 35.5. The molecule has 2 aromatic carbocycles. The number of hydrogen-bond donors (Lipinski definition) is 3. The van der Waals surface area contributed by atoms with Crippen LogP contribution in [0, 0.1) is 11.8 Å². The number of methoxy groups -OCH3 is 3. The molecule has 5 atom stereocenters. The zero-order chi connectivity index (χ0) is 39.3. The molecular weight excluding hydrogens is 734 g/mol. The van der Waals surface area contributed by atoms with Crippen LogP contribution >= 0.6 is 11.6 Å². The molecule has 0 saturated carbocycles. The fourth-order valence-electron chi connectivity index (χ4n) is 8.66. The molecule has 1 saturated heterocycles. The minimum atomic E-state index is -2.09. The standard InChI is InChI=1S/C40H42ClN3O11/c1-20-12-27(46)34(38(50)40(20)39(51)35-29(53-3)16-30(54-4)36(41)37(35)55-40)24(22-8-9-26(45)28(14-22)52-2)15-31(47)42-11-10-32(48)43-17-21-13-23(19-43)25-6-5-7-33(49)44(25)18-21/h5-9,14,16,20-21,23-24,45,50H,10-13,15,17-19H2,1-4H3,(H,42,47)/t20-,21?,23?,24?,40+/m1/s1. The van der Waals surface area contributed by atoms with E-state index in [9.17, 15) is 34.2 Å². The highest BCUT2D eigenvalue weighted by molar-refractivity contribution is 6.35. The van der Waals surface area contributed by atoms with Crippen molar-refractivity contribution in [2.24, 2.45) is 11.8 Å². The normalized spacial score (nSPS) is 23.1. The van der Waals surface area contributed by atoms with Crippen LogP contribution in [0.1, 0.15) is 66.1 Å². The maximum atomic E-state index is 14.4. The van der Waals surface area contributed by atoms with E-state index in [1.165, 1.54) is 45.6 Å². The van der Waals surface area contributed by atoms with E-state index >= 15 is 0 Å². The third kappa shape index (κ3) is 6.35. The Morgan fingerprint density at radius 2 is 1.75 bits per heavy atom. The second-order valence-corrected chi connectivity index (χ2v) is 14.9. The number of nitrogens with zero attached hydrogens (tertiary/aromatic N) is 2. The summed E-state index contributed by atoms with van der Waals surface area (Å²) in [4.78, 5) is 69.6. The lowest BCUT2D eigenvalue weighted by Crippen LogP contribution is -2.53. The van der Waals surface area contributed by atoms with Gasteiger partial charge < -0.3 is 43.9 Å². The van der Waals surface area contributed by atoms with Crippen LogP contribution in [-0.4, -0.2) is 89.6 Å². The van der Waals surface area contributed by atoms with Crippen LogP contribution in [0.25, 0.3) is 0 Å². The summed E-state index contributed by atoms with van der Waals surface area (Å²) in [6, 6.07) is 10.9. The van der Waals surface area contributed by atoms with Crippen molar-refractivity contribution in [3.05, 3.63) is 86.0 Å². The van der Waals surface area contributed by atoms with Gasteiger partial charge in [-0.15, -0.1) is 0 Å². The number of nitrogens with one attached hydrogen (secondary N) is 1. The third-order valence-electron chi connectivity index (χ3n) is 11.3. The van der Waals surface area contributed by atoms with Crippen molar-refractivity contribution in [1.29, 1.82) is 0 Å². The van der Waals surface area contributed by atoms with Gasteiger partial charge in [0.25, 0.3) is 5.56 Å². The number of phenols is 1. The average Bonchev–Trinajstić information content (AvgIpc) is 3.48. The molecule has 1 aromatic heterocycles. The van der Waals surface area contributed by atoms with E-state index in [2.05, 4.69) is 5.32 Å². The highest BCUT2D eigenvalue weighted by Gasteiger charge is 2.61. The Morgan fingerprint density at radius 1 is 1.00 bits per heavy atom. The van der Waals surface area contributed by atoms with Gasteiger partial charge in [0.05, 0.1) is 21.3 Å². The number of aromatic hydroxyl groups is 1. The number of amides is 2. The van der Waals surface area contributed by atoms with Crippen LogP contribution in [0.3, 0.4) is 0 Å². The van der Waals surface area contributed by atoms with Crippen molar-refractivity contribution < 1.29 is 48.3 Å². The molecule has 290 valence electrons. The first-order chi connectivity index (χ1) is 26.3. The van der Waals surface area contributed by atoms with Crippen LogP contribution < -0.4 is 29.8 Å². The molecule has 3 aliphatic heterocycles. The van der Waals surface area contributed by atoms with Crippen molar-refractivity contribution >= 4 is 35.0 Å². The molecule has 0 radical (unpaired) electrons. The van der Waals surface area contributed by atoms with Gasteiger partial charge in [-0.2, -0.15) is 0 Å². The first kappa shape index (κ1) is 37.8. The number of aliphatic hydroxyl groups is 1. The summed E-state index contributed by atoms with van der Waals surface area (Å²) in [6.07, 6.45) is 0.308. The van der Waals surface area contributed by atoms with Gasteiger partial charge in [-0.1, -0.05) is 30.7 Å². The number of Topliss-reactive ketones (excluding diaryl/α,β-unsaturated/α-hetero) is 2. The molecule has 15 heteroatoms.